The molecule has 2 heterocycles. The normalized spacial score (nSPS) is 15.5. The van der Waals surface area contributed by atoms with E-state index in [1.54, 1.807) is 0 Å². The SMILES string of the molecule is Clc1cccc(-c2cnc(N3CCCCC3)nc2)c1. The first-order valence-corrected chi connectivity index (χ1v) is 7.04. The van der Waals surface area contributed by atoms with Crippen LogP contribution in [0.4, 0.5) is 5.95 Å². The van der Waals surface area contributed by atoms with Gasteiger partial charge in [-0.15, -0.1) is 0 Å². The lowest BCUT2D eigenvalue weighted by Crippen LogP contribution is -2.30. The van der Waals surface area contributed by atoms with E-state index < -0.39 is 0 Å². The highest BCUT2D eigenvalue weighted by molar-refractivity contribution is 6.30. The molecule has 0 spiro atoms. The second-order valence-corrected chi connectivity index (χ2v) is 5.27. The van der Waals surface area contributed by atoms with Gasteiger partial charge >= 0.3 is 0 Å². The Morgan fingerprint density at radius 2 is 1.68 bits per heavy atom. The van der Waals surface area contributed by atoms with Crippen LogP contribution in [0.3, 0.4) is 0 Å². The van der Waals surface area contributed by atoms with Crippen molar-refractivity contribution in [3.05, 3.63) is 41.7 Å². The van der Waals surface area contributed by atoms with Crippen LogP contribution in [0.25, 0.3) is 11.1 Å². The van der Waals surface area contributed by atoms with E-state index in [9.17, 15) is 0 Å². The lowest BCUT2D eigenvalue weighted by Gasteiger charge is -2.26. The Bertz CT molecular complexity index is 548. The fourth-order valence-electron chi connectivity index (χ4n) is 2.40. The van der Waals surface area contributed by atoms with Crippen molar-refractivity contribution in [1.82, 2.24) is 9.97 Å². The first kappa shape index (κ1) is 12.4. The van der Waals surface area contributed by atoms with Crippen molar-refractivity contribution in [3.8, 4) is 11.1 Å². The average molecular weight is 274 g/mol. The summed E-state index contributed by atoms with van der Waals surface area (Å²) in [6, 6.07) is 7.76. The monoisotopic (exact) mass is 273 g/mol. The zero-order valence-corrected chi connectivity index (χ0v) is 11.5. The Morgan fingerprint density at radius 1 is 0.947 bits per heavy atom. The van der Waals surface area contributed by atoms with Gasteiger partial charge in [-0.3, -0.25) is 0 Å². The summed E-state index contributed by atoms with van der Waals surface area (Å²) in [5.74, 6) is 0.838. The van der Waals surface area contributed by atoms with Crippen molar-refractivity contribution in [3.63, 3.8) is 0 Å². The van der Waals surface area contributed by atoms with Crippen LogP contribution in [0.15, 0.2) is 36.7 Å². The molecule has 0 bridgehead atoms. The summed E-state index contributed by atoms with van der Waals surface area (Å²) in [6.07, 6.45) is 7.54. The Morgan fingerprint density at radius 3 is 2.37 bits per heavy atom. The van der Waals surface area contributed by atoms with Crippen LogP contribution in [0.5, 0.6) is 0 Å². The molecular weight excluding hydrogens is 258 g/mol. The summed E-state index contributed by atoms with van der Waals surface area (Å²) in [6.45, 7) is 2.13. The Balaban J connectivity index is 1.82. The molecule has 0 aliphatic carbocycles. The Labute approximate surface area is 118 Å². The van der Waals surface area contributed by atoms with Crippen molar-refractivity contribution >= 4 is 17.5 Å². The molecule has 0 N–H and O–H groups in total. The molecule has 1 aliphatic heterocycles. The molecule has 4 heteroatoms. The fourth-order valence-corrected chi connectivity index (χ4v) is 2.59. The lowest BCUT2D eigenvalue weighted by molar-refractivity contribution is 0.568. The molecule has 0 unspecified atom stereocenters. The third-order valence-corrected chi connectivity index (χ3v) is 3.67. The minimum Gasteiger partial charge on any atom is -0.341 e. The molecule has 0 radical (unpaired) electrons. The number of aromatic nitrogens is 2. The lowest BCUT2D eigenvalue weighted by atomic mass is 10.1. The van der Waals surface area contributed by atoms with Gasteiger partial charge in [0.25, 0.3) is 0 Å². The number of piperidine rings is 1. The third-order valence-electron chi connectivity index (χ3n) is 3.44. The molecule has 1 aromatic heterocycles. The molecule has 1 aliphatic rings. The minimum absolute atomic E-state index is 0.734. The number of halogens is 1. The Hall–Kier alpha value is -1.61. The quantitative estimate of drug-likeness (QED) is 0.834. The van der Waals surface area contributed by atoms with E-state index in [4.69, 9.17) is 11.6 Å². The molecule has 19 heavy (non-hydrogen) atoms. The van der Waals surface area contributed by atoms with Gasteiger partial charge in [-0.25, -0.2) is 9.97 Å². The highest BCUT2D eigenvalue weighted by Gasteiger charge is 2.13. The summed E-state index contributed by atoms with van der Waals surface area (Å²) < 4.78 is 0. The summed E-state index contributed by atoms with van der Waals surface area (Å²) in [7, 11) is 0. The van der Waals surface area contributed by atoms with Gasteiger partial charge in [0.2, 0.25) is 5.95 Å². The maximum atomic E-state index is 6.00. The number of rotatable bonds is 2. The van der Waals surface area contributed by atoms with Gasteiger partial charge in [0.05, 0.1) is 0 Å². The molecule has 1 fully saturated rings. The van der Waals surface area contributed by atoms with Crippen molar-refractivity contribution in [1.29, 1.82) is 0 Å². The molecule has 0 atom stereocenters. The topological polar surface area (TPSA) is 29.0 Å². The van der Waals surface area contributed by atoms with E-state index in [1.807, 2.05) is 36.7 Å². The van der Waals surface area contributed by atoms with Crippen LogP contribution in [-0.2, 0) is 0 Å². The molecule has 3 nitrogen and oxygen atoms in total. The second kappa shape index (κ2) is 5.57. The molecule has 1 saturated heterocycles. The average Bonchev–Trinajstić information content (AvgIpc) is 2.48. The number of anilines is 1. The molecule has 0 amide bonds. The third kappa shape index (κ3) is 2.87. The fraction of sp³-hybridized carbons (Fsp3) is 0.333. The standard InChI is InChI=1S/C15H16ClN3/c16-14-6-4-5-12(9-14)13-10-17-15(18-11-13)19-7-2-1-3-8-19/h4-6,9-11H,1-3,7-8H2. The van der Waals surface area contributed by atoms with E-state index in [2.05, 4.69) is 14.9 Å². The summed E-state index contributed by atoms with van der Waals surface area (Å²) >= 11 is 6.00. The van der Waals surface area contributed by atoms with Gasteiger partial charge in [0.15, 0.2) is 0 Å². The van der Waals surface area contributed by atoms with Crippen molar-refractivity contribution in [2.75, 3.05) is 18.0 Å². The molecule has 1 aromatic carbocycles. The van der Waals surface area contributed by atoms with Gasteiger partial charge in [-0.05, 0) is 37.0 Å². The number of nitrogens with zero attached hydrogens (tertiary/aromatic N) is 3. The van der Waals surface area contributed by atoms with E-state index in [0.29, 0.717) is 0 Å². The summed E-state index contributed by atoms with van der Waals surface area (Å²) in [5.41, 5.74) is 2.06. The predicted molar refractivity (Wildman–Crippen MR) is 78.5 cm³/mol. The van der Waals surface area contributed by atoms with Gasteiger partial charge < -0.3 is 4.90 Å². The maximum Gasteiger partial charge on any atom is 0.225 e. The van der Waals surface area contributed by atoms with Crippen LogP contribution < -0.4 is 4.90 Å². The van der Waals surface area contributed by atoms with E-state index in [-0.39, 0.29) is 0 Å². The van der Waals surface area contributed by atoms with E-state index in [0.717, 1.165) is 35.2 Å². The van der Waals surface area contributed by atoms with Gasteiger partial charge in [0, 0.05) is 36.1 Å². The highest BCUT2D eigenvalue weighted by Crippen LogP contribution is 2.23. The van der Waals surface area contributed by atoms with Crippen molar-refractivity contribution in [2.24, 2.45) is 0 Å². The molecule has 0 saturated carbocycles. The maximum absolute atomic E-state index is 6.00. The van der Waals surface area contributed by atoms with Crippen molar-refractivity contribution in [2.45, 2.75) is 19.3 Å². The van der Waals surface area contributed by atoms with Crippen molar-refractivity contribution < 1.29 is 0 Å². The zero-order chi connectivity index (χ0) is 13.1. The number of benzene rings is 1. The summed E-state index contributed by atoms with van der Waals surface area (Å²) in [4.78, 5) is 11.2. The zero-order valence-electron chi connectivity index (χ0n) is 10.7. The van der Waals surface area contributed by atoms with Crippen LogP contribution in [0.2, 0.25) is 5.02 Å². The first-order valence-electron chi connectivity index (χ1n) is 6.66. The smallest absolute Gasteiger partial charge is 0.225 e. The molecule has 3 rings (SSSR count). The largest absolute Gasteiger partial charge is 0.341 e. The Kier molecular flexibility index (Phi) is 3.65. The van der Waals surface area contributed by atoms with E-state index >= 15 is 0 Å². The molecule has 2 aromatic rings. The van der Waals surface area contributed by atoms with Crippen LogP contribution in [-0.4, -0.2) is 23.1 Å². The summed E-state index contributed by atoms with van der Waals surface area (Å²) in [5, 5.41) is 0.734. The molecule has 98 valence electrons. The predicted octanol–water partition coefficient (Wildman–Crippen LogP) is 3.79. The number of hydrogen-bond acceptors (Lipinski definition) is 3. The van der Waals surface area contributed by atoms with Crippen LogP contribution >= 0.6 is 11.6 Å². The van der Waals surface area contributed by atoms with Gasteiger partial charge in [-0.2, -0.15) is 0 Å². The molecular formula is C15H16ClN3. The van der Waals surface area contributed by atoms with Gasteiger partial charge in [-0.1, -0.05) is 23.7 Å². The van der Waals surface area contributed by atoms with Crippen LogP contribution in [0, 0.1) is 0 Å². The highest BCUT2D eigenvalue weighted by atomic mass is 35.5. The van der Waals surface area contributed by atoms with Gasteiger partial charge in [0.1, 0.15) is 0 Å². The minimum atomic E-state index is 0.734. The first-order chi connectivity index (χ1) is 9.33. The van der Waals surface area contributed by atoms with Crippen LogP contribution in [0.1, 0.15) is 19.3 Å². The number of hydrogen-bond donors (Lipinski definition) is 0. The second-order valence-electron chi connectivity index (χ2n) is 4.83. The van der Waals surface area contributed by atoms with E-state index in [1.165, 1.54) is 19.3 Å².